The van der Waals surface area contributed by atoms with Crippen molar-refractivity contribution in [2.75, 3.05) is 12.4 Å². The summed E-state index contributed by atoms with van der Waals surface area (Å²) in [7, 11) is 1.43. The molecular weight excluding hydrogens is 548 g/mol. The number of benzene rings is 3. The van der Waals surface area contributed by atoms with Gasteiger partial charge in [0.2, 0.25) is 0 Å². The van der Waals surface area contributed by atoms with Gasteiger partial charge in [-0.1, -0.05) is 6.07 Å². The molecule has 0 unspecified atom stereocenters. The van der Waals surface area contributed by atoms with E-state index in [1.807, 2.05) is 6.07 Å². The quantitative estimate of drug-likeness (QED) is 0.149. The number of nitrogens with one attached hydrogen (secondary N) is 1. The SMILES string of the molecule is COc1cc(/C=C(\C#N)C(=O)Nc2cc([N+](=O)[O-])ccc2C)cc(Br)c1OCc1ccc([N+](=O)[O-])cc1. The number of aryl methyl sites for hydroxylation is 1. The van der Waals surface area contributed by atoms with Crippen LogP contribution in [0, 0.1) is 38.5 Å². The zero-order chi connectivity index (χ0) is 27.1. The molecule has 0 aromatic heterocycles. The van der Waals surface area contributed by atoms with Crippen LogP contribution in [0.15, 0.2) is 64.6 Å². The Hall–Kier alpha value is -4.76. The fraction of sp³-hybridized carbons (Fsp3) is 0.120. The highest BCUT2D eigenvalue weighted by atomic mass is 79.9. The Labute approximate surface area is 219 Å². The van der Waals surface area contributed by atoms with Gasteiger partial charge in [-0.25, -0.2) is 0 Å². The summed E-state index contributed by atoms with van der Waals surface area (Å²) in [5, 5.41) is 34.0. The van der Waals surface area contributed by atoms with E-state index in [2.05, 4.69) is 21.2 Å². The van der Waals surface area contributed by atoms with Gasteiger partial charge in [0, 0.05) is 24.3 Å². The number of nitro benzene ring substituents is 2. The number of hydrogen-bond donors (Lipinski definition) is 1. The van der Waals surface area contributed by atoms with Crippen LogP contribution in [0.25, 0.3) is 6.08 Å². The van der Waals surface area contributed by atoms with Crippen LogP contribution in [0.5, 0.6) is 11.5 Å². The Morgan fingerprint density at radius 3 is 2.32 bits per heavy atom. The number of carbonyl (C=O) groups excluding carboxylic acids is 1. The van der Waals surface area contributed by atoms with E-state index in [9.17, 15) is 30.3 Å². The summed E-state index contributed by atoms with van der Waals surface area (Å²) >= 11 is 3.41. The number of nitrogens with zero attached hydrogens (tertiary/aromatic N) is 3. The Morgan fingerprint density at radius 1 is 1.08 bits per heavy atom. The van der Waals surface area contributed by atoms with Crippen LogP contribution < -0.4 is 14.8 Å². The van der Waals surface area contributed by atoms with E-state index in [1.165, 1.54) is 43.5 Å². The van der Waals surface area contributed by atoms with E-state index >= 15 is 0 Å². The van der Waals surface area contributed by atoms with Crippen molar-refractivity contribution in [1.29, 1.82) is 5.26 Å². The first-order chi connectivity index (χ1) is 17.6. The highest BCUT2D eigenvalue weighted by molar-refractivity contribution is 9.10. The Balaban J connectivity index is 1.82. The van der Waals surface area contributed by atoms with Crippen LogP contribution in [0.2, 0.25) is 0 Å². The molecule has 0 fully saturated rings. The predicted molar refractivity (Wildman–Crippen MR) is 138 cm³/mol. The van der Waals surface area contributed by atoms with Crippen molar-refractivity contribution >= 4 is 45.0 Å². The van der Waals surface area contributed by atoms with Crippen molar-refractivity contribution in [3.05, 3.63) is 102 Å². The van der Waals surface area contributed by atoms with E-state index in [4.69, 9.17) is 9.47 Å². The average Bonchev–Trinajstić information content (AvgIpc) is 2.87. The summed E-state index contributed by atoms with van der Waals surface area (Å²) < 4.78 is 11.7. The number of nitriles is 1. The maximum Gasteiger partial charge on any atom is 0.271 e. The van der Waals surface area contributed by atoms with Gasteiger partial charge in [-0.2, -0.15) is 5.26 Å². The Morgan fingerprint density at radius 2 is 1.73 bits per heavy atom. The minimum Gasteiger partial charge on any atom is -0.493 e. The van der Waals surface area contributed by atoms with Crippen molar-refractivity contribution in [2.45, 2.75) is 13.5 Å². The molecule has 0 heterocycles. The summed E-state index contributed by atoms with van der Waals surface area (Å²) in [6.07, 6.45) is 1.34. The van der Waals surface area contributed by atoms with E-state index in [0.717, 1.165) is 0 Å². The molecule has 3 aromatic rings. The van der Waals surface area contributed by atoms with E-state index < -0.39 is 15.8 Å². The number of carbonyl (C=O) groups is 1. The molecule has 1 N–H and O–H groups in total. The van der Waals surface area contributed by atoms with Crippen molar-refractivity contribution in [2.24, 2.45) is 0 Å². The smallest absolute Gasteiger partial charge is 0.271 e. The number of amides is 1. The molecule has 1 amide bonds. The van der Waals surface area contributed by atoms with E-state index in [-0.39, 0.29) is 29.2 Å². The van der Waals surface area contributed by atoms with Crippen LogP contribution >= 0.6 is 15.9 Å². The fourth-order valence-electron chi connectivity index (χ4n) is 3.20. The average molecular weight is 567 g/mol. The summed E-state index contributed by atoms with van der Waals surface area (Å²) in [4.78, 5) is 33.5. The second-order valence-electron chi connectivity index (χ2n) is 7.63. The lowest BCUT2D eigenvalue weighted by Crippen LogP contribution is -2.14. The third kappa shape index (κ3) is 6.68. The molecule has 3 aromatic carbocycles. The van der Waals surface area contributed by atoms with Gasteiger partial charge in [0.1, 0.15) is 18.2 Å². The molecule has 0 aliphatic rings. The minimum atomic E-state index is -0.736. The number of nitro groups is 2. The topological polar surface area (TPSA) is 158 Å². The highest BCUT2D eigenvalue weighted by Gasteiger charge is 2.16. The van der Waals surface area contributed by atoms with Gasteiger partial charge in [0.25, 0.3) is 17.3 Å². The molecule has 11 nitrogen and oxygen atoms in total. The first-order valence-corrected chi connectivity index (χ1v) is 11.3. The summed E-state index contributed by atoms with van der Waals surface area (Å²) in [5.41, 5.74) is 1.50. The lowest BCUT2D eigenvalue weighted by molar-refractivity contribution is -0.385. The second-order valence-corrected chi connectivity index (χ2v) is 8.48. The van der Waals surface area contributed by atoms with Gasteiger partial charge in [0.15, 0.2) is 11.5 Å². The first-order valence-electron chi connectivity index (χ1n) is 10.5. The first kappa shape index (κ1) is 26.8. The molecule has 188 valence electrons. The molecule has 0 saturated carbocycles. The summed E-state index contributed by atoms with van der Waals surface area (Å²) in [5.74, 6) is -0.0670. The van der Waals surface area contributed by atoms with Crippen molar-refractivity contribution in [1.82, 2.24) is 0 Å². The molecule has 0 saturated heterocycles. The van der Waals surface area contributed by atoms with E-state index in [1.54, 1.807) is 31.2 Å². The third-order valence-electron chi connectivity index (χ3n) is 5.14. The second kappa shape index (κ2) is 11.8. The minimum absolute atomic E-state index is 0.0309. The third-order valence-corrected chi connectivity index (χ3v) is 5.73. The summed E-state index contributed by atoms with van der Waals surface area (Å²) in [6.45, 7) is 1.78. The molecule has 3 rings (SSSR count). The largest absolute Gasteiger partial charge is 0.493 e. The molecule has 0 bridgehead atoms. The predicted octanol–water partition coefficient (Wildman–Crippen LogP) is 5.71. The number of halogens is 1. The number of hydrogen-bond acceptors (Lipinski definition) is 8. The van der Waals surface area contributed by atoms with Gasteiger partial charge >= 0.3 is 0 Å². The lowest BCUT2D eigenvalue weighted by Gasteiger charge is -2.14. The van der Waals surface area contributed by atoms with Crippen LogP contribution in [0.4, 0.5) is 17.1 Å². The van der Waals surface area contributed by atoms with Crippen molar-refractivity contribution in [3.8, 4) is 17.6 Å². The lowest BCUT2D eigenvalue weighted by atomic mass is 10.1. The fourth-order valence-corrected chi connectivity index (χ4v) is 3.77. The standard InChI is InChI=1S/C25H19BrN4O7/c1-15-3-6-20(30(34)35)12-22(15)28-25(31)18(13-27)9-17-10-21(26)24(23(11-17)36-2)37-14-16-4-7-19(8-5-16)29(32)33/h3-12H,14H2,1-2H3,(H,28,31)/b18-9+. The molecule has 0 aliphatic heterocycles. The molecule has 12 heteroatoms. The number of non-ortho nitro benzene ring substituents is 2. The maximum atomic E-state index is 12.7. The van der Waals surface area contributed by atoms with Crippen molar-refractivity contribution in [3.63, 3.8) is 0 Å². The van der Waals surface area contributed by atoms with Crippen molar-refractivity contribution < 1.29 is 24.1 Å². The molecule has 0 atom stereocenters. The number of rotatable bonds is 9. The highest BCUT2D eigenvalue weighted by Crippen LogP contribution is 2.38. The molecule has 37 heavy (non-hydrogen) atoms. The number of methoxy groups -OCH3 is 1. The van der Waals surface area contributed by atoms with Crippen LogP contribution in [-0.4, -0.2) is 22.9 Å². The van der Waals surface area contributed by atoms with E-state index in [0.29, 0.717) is 32.7 Å². The molecule has 0 spiro atoms. The normalized spacial score (nSPS) is 10.8. The molecule has 0 radical (unpaired) electrons. The number of ether oxygens (including phenoxy) is 2. The zero-order valence-corrected chi connectivity index (χ0v) is 21.1. The molecular formula is C25H19BrN4O7. The van der Waals surface area contributed by atoms with Gasteiger partial charge in [-0.05, 0) is 69.9 Å². The van der Waals surface area contributed by atoms with Gasteiger partial charge < -0.3 is 14.8 Å². The monoisotopic (exact) mass is 566 g/mol. The van der Waals surface area contributed by atoms with Gasteiger partial charge in [0.05, 0.1) is 27.1 Å². The Bertz CT molecular complexity index is 1450. The van der Waals surface area contributed by atoms with Crippen LogP contribution in [-0.2, 0) is 11.4 Å². The zero-order valence-electron chi connectivity index (χ0n) is 19.6. The summed E-state index contributed by atoms with van der Waals surface area (Å²) in [6, 6.07) is 15.0. The van der Waals surface area contributed by atoms with Crippen LogP contribution in [0.1, 0.15) is 16.7 Å². The molecule has 0 aliphatic carbocycles. The van der Waals surface area contributed by atoms with Gasteiger partial charge in [-0.3, -0.25) is 25.0 Å². The van der Waals surface area contributed by atoms with Gasteiger partial charge in [-0.15, -0.1) is 0 Å². The van der Waals surface area contributed by atoms with Crippen LogP contribution in [0.3, 0.4) is 0 Å². The Kier molecular flexibility index (Phi) is 8.55. The maximum absolute atomic E-state index is 12.7. The number of anilines is 1.